The van der Waals surface area contributed by atoms with Crippen LogP contribution in [0.3, 0.4) is 0 Å². The van der Waals surface area contributed by atoms with Crippen LogP contribution in [0.25, 0.3) is 0 Å². The molecule has 2 aliphatic heterocycles. The number of likely N-dealkylation sites (tertiary alicyclic amines) is 1. The van der Waals surface area contributed by atoms with E-state index in [9.17, 15) is 9.59 Å². The molecule has 2 saturated heterocycles. The van der Waals surface area contributed by atoms with Crippen LogP contribution in [-0.4, -0.2) is 62.3 Å². The largest absolute Gasteiger partial charge is 0.375 e. The number of nitrogens with zero attached hydrogens (tertiary/aromatic N) is 1. The number of hydrogen-bond acceptors (Lipinski definition) is 4. The molecular formula is C16H28N2O4. The van der Waals surface area contributed by atoms with Crippen LogP contribution in [0.4, 0.5) is 0 Å². The Labute approximate surface area is 132 Å². The summed E-state index contributed by atoms with van der Waals surface area (Å²) < 4.78 is 10.8. The molecule has 2 rings (SSSR count). The number of ether oxygens (including phenoxy) is 2. The molecule has 2 fully saturated rings. The minimum Gasteiger partial charge on any atom is -0.375 e. The molecule has 0 aromatic heterocycles. The van der Waals surface area contributed by atoms with E-state index in [0.29, 0.717) is 31.4 Å². The number of amides is 2. The van der Waals surface area contributed by atoms with E-state index in [4.69, 9.17) is 9.47 Å². The summed E-state index contributed by atoms with van der Waals surface area (Å²) in [4.78, 5) is 25.2. The lowest BCUT2D eigenvalue weighted by Gasteiger charge is -2.53. The lowest BCUT2D eigenvalue weighted by Crippen LogP contribution is -2.66. The summed E-state index contributed by atoms with van der Waals surface area (Å²) in [7, 11) is 1.51. The van der Waals surface area contributed by atoms with E-state index in [-0.39, 0.29) is 24.0 Å². The van der Waals surface area contributed by atoms with Gasteiger partial charge in [0.1, 0.15) is 12.2 Å². The fraction of sp³-hybridized carbons (Fsp3) is 0.875. The van der Waals surface area contributed by atoms with Crippen molar-refractivity contribution < 1.29 is 19.1 Å². The normalized spacial score (nSPS) is 23.5. The molecule has 0 unspecified atom stereocenters. The van der Waals surface area contributed by atoms with Gasteiger partial charge in [-0.05, 0) is 24.7 Å². The molecule has 0 radical (unpaired) electrons. The minimum absolute atomic E-state index is 0.0862. The fourth-order valence-corrected chi connectivity index (χ4v) is 3.07. The summed E-state index contributed by atoms with van der Waals surface area (Å²) in [5.74, 6) is 0.901. The summed E-state index contributed by atoms with van der Waals surface area (Å²) in [6.45, 7) is 6.96. The van der Waals surface area contributed by atoms with Crippen LogP contribution in [0, 0.1) is 11.8 Å². The topological polar surface area (TPSA) is 67.9 Å². The van der Waals surface area contributed by atoms with Crippen molar-refractivity contribution >= 4 is 11.8 Å². The van der Waals surface area contributed by atoms with Crippen LogP contribution in [0.1, 0.15) is 33.1 Å². The van der Waals surface area contributed by atoms with Gasteiger partial charge >= 0.3 is 0 Å². The SMILES string of the molecule is COCC(=O)NC[C@@H]1CCC2(CN(C(=O)CC(C)C)C2)OC1. The third kappa shape index (κ3) is 4.43. The van der Waals surface area contributed by atoms with Crippen LogP contribution in [-0.2, 0) is 19.1 Å². The molecule has 6 nitrogen and oxygen atoms in total. The quantitative estimate of drug-likeness (QED) is 0.788. The van der Waals surface area contributed by atoms with Crippen LogP contribution in [0.2, 0.25) is 0 Å². The molecule has 2 heterocycles. The van der Waals surface area contributed by atoms with E-state index in [1.54, 1.807) is 0 Å². The molecule has 0 aliphatic carbocycles. The van der Waals surface area contributed by atoms with Gasteiger partial charge in [0.2, 0.25) is 11.8 Å². The van der Waals surface area contributed by atoms with Gasteiger partial charge in [-0.2, -0.15) is 0 Å². The first-order valence-electron chi connectivity index (χ1n) is 8.11. The Morgan fingerprint density at radius 1 is 1.41 bits per heavy atom. The lowest BCUT2D eigenvalue weighted by atomic mass is 9.82. The second-order valence-electron chi connectivity index (χ2n) is 6.98. The van der Waals surface area contributed by atoms with Gasteiger partial charge in [0, 0.05) is 20.1 Å². The molecule has 0 aromatic rings. The predicted molar refractivity (Wildman–Crippen MR) is 82.3 cm³/mol. The standard InChI is InChI=1S/C16H28N2O4/c1-12(2)6-15(20)18-10-16(11-18)5-4-13(8-22-16)7-17-14(19)9-21-3/h12-13H,4-11H2,1-3H3,(H,17,19)/t13-/m0/s1. The summed E-state index contributed by atoms with van der Waals surface area (Å²) in [5.41, 5.74) is -0.125. The van der Waals surface area contributed by atoms with Crippen LogP contribution in [0.5, 0.6) is 0 Å². The number of nitrogens with one attached hydrogen (secondary N) is 1. The van der Waals surface area contributed by atoms with Crippen LogP contribution >= 0.6 is 0 Å². The van der Waals surface area contributed by atoms with E-state index in [0.717, 1.165) is 25.9 Å². The number of carbonyl (C=O) groups is 2. The molecule has 1 N–H and O–H groups in total. The molecule has 2 amide bonds. The highest BCUT2D eigenvalue weighted by atomic mass is 16.5. The van der Waals surface area contributed by atoms with Crippen molar-refractivity contribution in [2.75, 3.05) is 40.0 Å². The first kappa shape index (κ1) is 17.2. The Morgan fingerprint density at radius 2 is 2.14 bits per heavy atom. The van der Waals surface area contributed by atoms with Crippen molar-refractivity contribution in [2.24, 2.45) is 11.8 Å². The van der Waals surface area contributed by atoms with Crippen molar-refractivity contribution in [1.82, 2.24) is 10.2 Å². The van der Waals surface area contributed by atoms with Crippen molar-refractivity contribution in [3.63, 3.8) is 0 Å². The van der Waals surface area contributed by atoms with Crippen LogP contribution in [0.15, 0.2) is 0 Å². The molecule has 6 heteroatoms. The average molecular weight is 312 g/mol. The molecule has 126 valence electrons. The summed E-state index contributed by atoms with van der Waals surface area (Å²) in [5, 5.41) is 2.86. The fourth-order valence-electron chi connectivity index (χ4n) is 3.07. The zero-order valence-corrected chi connectivity index (χ0v) is 13.9. The highest BCUT2D eigenvalue weighted by Gasteiger charge is 2.48. The molecule has 0 bridgehead atoms. The van der Waals surface area contributed by atoms with Gasteiger partial charge in [-0.1, -0.05) is 13.8 Å². The van der Waals surface area contributed by atoms with E-state index >= 15 is 0 Å². The molecule has 0 saturated carbocycles. The Morgan fingerprint density at radius 3 is 2.68 bits per heavy atom. The monoisotopic (exact) mass is 312 g/mol. The van der Waals surface area contributed by atoms with Gasteiger partial charge < -0.3 is 19.7 Å². The number of hydrogen-bond donors (Lipinski definition) is 1. The van der Waals surface area contributed by atoms with Crippen molar-refractivity contribution in [3.05, 3.63) is 0 Å². The van der Waals surface area contributed by atoms with Gasteiger partial charge in [-0.25, -0.2) is 0 Å². The second-order valence-corrected chi connectivity index (χ2v) is 6.98. The van der Waals surface area contributed by atoms with Gasteiger partial charge in [0.15, 0.2) is 0 Å². The van der Waals surface area contributed by atoms with Crippen LogP contribution < -0.4 is 5.32 Å². The van der Waals surface area contributed by atoms with E-state index in [1.807, 2.05) is 4.90 Å². The maximum Gasteiger partial charge on any atom is 0.245 e. The Balaban J connectivity index is 1.66. The Bertz CT molecular complexity index is 395. The number of methoxy groups -OCH3 is 1. The zero-order valence-electron chi connectivity index (χ0n) is 13.9. The summed E-state index contributed by atoms with van der Waals surface area (Å²) in [6.07, 6.45) is 2.60. The first-order valence-corrected chi connectivity index (χ1v) is 8.11. The van der Waals surface area contributed by atoms with Crippen molar-refractivity contribution in [3.8, 4) is 0 Å². The summed E-state index contributed by atoms with van der Waals surface area (Å²) in [6, 6.07) is 0. The molecule has 1 atom stereocenters. The summed E-state index contributed by atoms with van der Waals surface area (Å²) >= 11 is 0. The molecule has 2 aliphatic rings. The number of carbonyl (C=O) groups excluding carboxylic acids is 2. The maximum absolute atomic E-state index is 12.0. The highest BCUT2D eigenvalue weighted by molar-refractivity contribution is 5.77. The molecule has 1 spiro atoms. The molecular weight excluding hydrogens is 284 g/mol. The Kier molecular flexibility index (Phi) is 5.81. The van der Waals surface area contributed by atoms with Crippen molar-refractivity contribution in [1.29, 1.82) is 0 Å². The lowest BCUT2D eigenvalue weighted by molar-refractivity contribution is -0.189. The van der Waals surface area contributed by atoms with Gasteiger partial charge in [0.25, 0.3) is 0 Å². The smallest absolute Gasteiger partial charge is 0.245 e. The third-order valence-corrected chi connectivity index (χ3v) is 4.39. The third-order valence-electron chi connectivity index (χ3n) is 4.39. The average Bonchev–Trinajstić information content (AvgIpc) is 2.42. The maximum atomic E-state index is 12.0. The minimum atomic E-state index is -0.125. The van der Waals surface area contributed by atoms with E-state index < -0.39 is 0 Å². The molecule has 22 heavy (non-hydrogen) atoms. The molecule has 0 aromatic carbocycles. The van der Waals surface area contributed by atoms with E-state index in [2.05, 4.69) is 19.2 Å². The predicted octanol–water partition coefficient (Wildman–Crippen LogP) is 0.803. The van der Waals surface area contributed by atoms with Gasteiger partial charge in [0.05, 0.1) is 19.7 Å². The van der Waals surface area contributed by atoms with Crippen molar-refractivity contribution in [2.45, 2.75) is 38.7 Å². The van der Waals surface area contributed by atoms with Gasteiger partial charge in [-0.15, -0.1) is 0 Å². The van der Waals surface area contributed by atoms with E-state index in [1.165, 1.54) is 7.11 Å². The highest BCUT2D eigenvalue weighted by Crippen LogP contribution is 2.36. The zero-order chi connectivity index (χ0) is 16.2. The first-order chi connectivity index (χ1) is 10.4. The Hall–Kier alpha value is -1.14. The second kappa shape index (κ2) is 7.42. The number of rotatable bonds is 6. The van der Waals surface area contributed by atoms with Gasteiger partial charge in [-0.3, -0.25) is 9.59 Å².